The van der Waals surface area contributed by atoms with E-state index in [1.165, 1.54) is 10.4 Å². The van der Waals surface area contributed by atoms with Crippen molar-refractivity contribution in [3.63, 3.8) is 0 Å². The molecule has 0 N–H and O–H groups in total. The standard InChI is InChI=1S/C27H40O2Si2/c1-10-23(21-22-28-30(8,9)26(2,3)4)29-31(27(5,6)7,24-17-13-11-14-18-24)25-19-15-12-16-20-25/h1,11-20,23H,21-22H2,2-9H3. The van der Waals surface area contributed by atoms with Gasteiger partial charge in [0.05, 0.1) is 0 Å². The molecule has 0 bridgehead atoms. The minimum atomic E-state index is -2.65. The van der Waals surface area contributed by atoms with Crippen LogP contribution < -0.4 is 10.4 Å². The monoisotopic (exact) mass is 452 g/mol. The minimum Gasteiger partial charge on any atom is -0.417 e. The van der Waals surface area contributed by atoms with Gasteiger partial charge in [-0.05, 0) is 33.5 Å². The van der Waals surface area contributed by atoms with Crippen molar-refractivity contribution >= 4 is 27.0 Å². The molecule has 0 heterocycles. The highest BCUT2D eigenvalue weighted by Gasteiger charge is 2.51. The molecule has 1 atom stereocenters. The number of hydrogen-bond acceptors (Lipinski definition) is 2. The molecule has 4 heteroatoms. The number of benzene rings is 2. The van der Waals surface area contributed by atoms with Gasteiger partial charge in [0, 0.05) is 13.0 Å². The average Bonchev–Trinajstić information content (AvgIpc) is 2.70. The van der Waals surface area contributed by atoms with Crippen LogP contribution in [0.4, 0.5) is 0 Å². The third kappa shape index (κ3) is 5.78. The summed E-state index contributed by atoms with van der Waals surface area (Å²) in [6.45, 7) is 18.8. The van der Waals surface area contributed by atoms with Crippen LogP contribution in [0.15, 0.2) is 60.7 Å². The highest BCUT2D eigenvalue weighted by atomic mass is 28.4. The van der Waals surface area contributed by atoms with E-state index in [0.717, 1.165) is 0 Å². The summed E-state index contributed by atoms with van der Waals surface area (Å²) in [4.78, 5) is 0. The molecule has 0 spiro atoms. The van der Waals surface area contributed by atoms with Crippen molar-refractivity contribution in [1.82, 2.24) is 0 Å². The van der Waals surface area contributed by atoms with Crippen LogP contribution in [-0.4, -0.2) is 29.3 Å². The molecule has 0 saturated heterocycles. The van der Waals surface area contributed by atoms with Gasteiger partial charge in [0.15, 0.2) is 8.32 Å². The molecule has 168 valence electrons. The molecule has 2 aromatic rings. The third-order valence-electron chi connectivity index (χ3n) is 6.57. The zero-order valence-corrected chi connectivity index (χ0v) is 22.7. The molecule has 0 aliphatic heterocycles. The van der Waals surface area contributed by atoms with Gasteiger partial charge in [0.1, 0.15) is 6.10 Å². The lowest BCUT2D eigenvalue weighted by atomic mass is 10.2. The summed E-state index contributed by atoms with van der Waals surface area (Å²) in [5.41, 5.74) is 0. The first kappa shape index (κ1) is 25.6. The van der Waals surface area contributed by atoms with Crippen molar-refractivity contribution in [2.75, 3.05) is 6.61 Å². The molecule has 0 amide bonds. The zero-order chi connectivity index (χ0) is 23.3. The van der Waals surface area contributed by atoms with E-state index in [1.807, 2.05) is 0 Å². The molecule has 2 rings (SSSR count). The lowest BCUT2D eigenvalue weighted by Gasteiger charge is -2.44. The van der Waals surface area contributed by atoms with Crippen LogP contribution >= 0.6 is 0 Å². The van der Waals surface area contributed by atoms with Crippen molar-refractivity contribution in [3.05, 3.63) is 60.7 Å². The number of terminal acetylenes is 1. The predicted molar refractivity (Wildman–Crippen MR) is 139 cm³/mol. The predicted octanol–water partition coefficient (Wildman–Crippen LogP) is 5.98. The molecular weight excluding hydrogens is 412 g/mol. The Morgan fingerprint density at radius 3 is 1.61 bits per heavy atom. The Morgan fingerprint density at radius 1 is 0.806 bits per heavy atom. The summed E-state index contributed by atoms with van der Waals surface area (Å²) in [5.74, 6) is 2.94. The fraction of sp³-hybridized carbons (Fsp3) is 0.481. The van der Waals surface area contributed by atoms with Gasteiger partial charge in [0.2, 0.25) is 0 Å². The Bertz CT molecular complexity index is 817. The van der Waals surface area contributed by atoms with Gasteiger partial charge in [0.25, 0.3) is 8.32 Å². The van der Waals surface area contributed by atoms with Crippen LogP contribution in [-0.2, 0) is 8.85 Å². The van der Waals surface area contributed by atoms with Crippen LogP contribution in [0, 0.1) is 12.3 Å². The molecule has 0 aliphatic rings. The maximum Gasteiger partial charge on any atom is 0.262 e. The first-order valence-electron chi connectivity index (χ1n) is 11.2. The molecule has 0 aliphatic carbocycles. The smallest absolute Gasteiger partial charge is 0.262 e. The average molecular weight is 453 g/mol. The van der Waals surface area contributed by atoms with Crippen LogP contribution in [0.1, 0.15) is 48.0 Å². The van der Waals surface area contributed by atoms with Gasteiger partial charge in [-0.25, -0.2) is 0 Å². The molecule has 0 saturated carbocycles. The highest BCUT2D eigenvalue weighted by molar-refractivity contribution is 6.99. The second-order valence-corrected chi connectivity index (χ2v) is 19.9. The largest absolute Gasteiger partial charge is 0.417 e. The topological polar surface area (TPSA) is 18.5 Å². The van der Waals surface area contributed by atoms with E-state index >= 15 is 0 Å². The fourth-order valence-corrected chi connectivity index (χ4v) is 9.41. The summed E-state index contributed by atoms with van der Waals surface area (Å²) >= 11 is 0. The number of hydrogen-bond donors (Lipinski definition) is 0. The van der Waals surface area contributed by atoms with E-state index in [0.29, 0.717) is 13.0 Å². The first-order valence-corrected chi connectivity index (χ1v) is 16.1. The highest BCUT2D eigenvalue weighted by Crippen LogP contribution is 2.39. The minimum absolute atomic E-state index is 0.0922. The summed E-state index contributed by atoms with van der Waals surface area (Å²) in [6.07, 6.45) is 6.42. The quantitative estimate of drug-likeness (QED) is 0.362. The van der Waals surface area contributed by atoms with Gasteiger partial charge < -0.3 is 8.85 Å². The molecule has 0 radical (unpaired) electrons. The SMILES string of the molecule is C#CC(CCO[Si](C)(C)C(C)(C)C)O[Si](c1ccccc1)(c1ccccc1)C(C)(C)C. The zero-order valence-electron chi connectivity index (χ0n) is 20.7. The van der Waals surface area contributed by atoms with E-state index < -0.39 is 16.6 Å². The summed E-state index contributed by atoms with van der Waals surface area (Å²) < 4.78 is 13.5. The van der Waals surface area contributed by atoms with E-state index in [-0.39, 0.29) is 16.2 Å². The van der Waals surface area contributed by atoms with Gasteiger partial charge in [-0.15, -0.1) is 6.42 Å². The first-order chi connectivity index (χ1) is 14.3. The maximum absolute atomic E-state index is 7.06. The van der Waals surface area contributed by atoms with Crippen LogP contribution in [0.5, 0.6) is 0 Å². The van der Waals surface area contributed by atoms with Crippen molar-refractivity contribution in [3.8, 4) is 12.3 Å². The Hall–Kier alpha value is -1.65. The van der Waals surface area contributed by atoms with Crippen molar-refractivity contribution in [2.24, 2.45) is 0 Å². The van der Waals surface area contributed by atoms with Gasteiger partial charge >= 0.3 is 0 Å². The van der Waals surface area contributed by atoms with Crippen molar-refractivity contribution in [1.29, 1.82) is 0 Å². The lowest BCUT2D eigenvalue weighted by molar-refractivity contribution is 0.187. The Morgan fingerprint density at radius 2 is 1.26 bits per heavy atom. The maximum atomic E-state index is 7.06. The number of rotatable bonds is 8. The van der Waals surface area contributed by atoms with Crippen LogP contribution in [0.3, 0.4) is 0 Å². The fourth-order valence-electron chi connectivity index (χ4n) is 3.72. The lowest BCUT2D eigenvalue weighted by Crippen LogP contribution is -2.67. The third-order valence-corrected chi connectivity index (χ3v) is 16.2. The summed E-state index contributed by atoms with van der Waals surface area (Å²) in [7, 11) is -4.47. The Labute approximate surface area is 192 Å². The molecule has 0 aromatic heterocycles. The van der Waals surface area contributed by atoms with Crippen LogP contribution in [0.25, 0.3) is 0 Å². The van der Waals surface area contributed by atoms with Crippen LogP contribution in [0.2, 0.25) is 23.2 Å². The van der Waals surface area contributed by atoms with Crippen molar-refractivity contribution in [2.45, 2.75) is 77.2 Å². The summed E-state index contributed by atoms with van der Waals surface area (Å²) in [6, 6.07) is 21.3. The Kier molecular flexibility index (Phi) is 8.16. The normalized spacial score (nSPS) is 14.2. The van der Waals surface area contributed by atoms with E-state index in [4.69, 9.17) is 15.3 Å². The van der Waals surface area contributed by atoms with Gasteiger partial charge in [-0.2, -0.15) is 0 Å². The van der Waals surface area contributed by atoms with E-state index in [1.54, 1.807) is 0 Å². The van der Waals surface area contributed by atoms with Gasteiger partial charge in [-0.1, -0.05) is 108 Å². The van der Waals surface area contributed by atoms with Gasteiger partial charge in [-0.3, -0.25) is 0 Å². The summed E-state index contributed by atoms with van der Waals surface area (Å²) in [5, 5.41) is 2.58. The molecule has 31 heavy (non-hydrogen) atoms. The second-order valence-electron chi connectivity index (χ2n) is 10.8. The molecule has 2 nitrogen and oxygen atoms in total. The van der Waals surface area contributed by atoms with E-state index in [9.17, 15) is 0 Å². The van der Waals surface area contributed by atoms with Crippen molar-refractivity contribution < 1.29 is 8.85 Å². The van der Waals surface area contributed by atoms with E-state index in [2.05, 4.69) is 121 Å². The molecular formula is C27H40O2Si2. The Balaban J connectivity index is 2.40. The molecule has 2 aromatic carbocycles. The molecule has 1 unspecified atom stereocenters. The molecule has 0 fully saturated rings. The second kappa shape index (κ2) is 9.87.